The van der Waals surface area contributed by atoms with Crippen molar-refractivity contribution in [3.8, 4) is 5.75 Å². The van der Waals surface area contributed by atoms with Crippen LogP contribution in [0.15, 0.2) is 30.3 Å². The number of hydrogen-bond donors (Lipinski definition) is 1. The molecule has 0 fully saturated rings. The number of fused-ring (bicyclic) bond motifs is 1. The largest absolute Gasteiger partial charge is 0.497 e. The van der Waals surface area contributed by atoms with Gasteiger partial charge in [0.15, 0.2) is 0 Å². The number of thiophene rings is 1. The van der Waals surface area contributed by atoms with Gasteiger partial charge in [0.1, 0.15) is 5.75 Å². The minimum Gasteiger partial charge on any atom is -0.497 e. The van der Waals surface area contributed by atoms with Crippen molar-refractivity contribution in [2.24, 2.45) is 0 Å². The van der Waals surface area contributed by atoms with Crippen LogP contribution in [-0.4, -0.2) is 7.11 Å². The van der Waals surface area contributed by atoms with Gasteiger partial charge in [0.25, 0.3) is 0 Å². The number of aryl methyl sites for hydroxylation is 1. The molecule has 1 aromatic carbocycles. The van der Waals surface area contributed by atoms with Gasteiger partial charge < -0.3 is 10.1 Å². The molecule has 2 unspecified atom stereocenters. The van der Waals surface area contributed by atoms with Gasteiger partial charge in [-0.05, 0) is 55.2 Å². The summed E-state index contributed by atoms with van der Waals surface area (Å²) in [5, 5.41) is 3.71. The Kier molecular flexibility index (Phi) is 4.01. The van der Waals surface area contributed by atoms with Gasteiger partial charge in [0.2, 0.25) is 0 Å². The van der Waals surface area contributed by atoms with Gasteiger partial charge in [-0.25, -0.2) is 0 Å². The molecule has 0 aliphatic heterocycles. The summed E-state index contributed by atoms with van der Waals surface area (Å²) in [5.41, 5.74) is 2.80. The minimum absolute atomic E-state index is 0.314. The molecule has 1 heterocycles. The van der Waals surface area contributed by atoms with E-state index in [1.807, 2.05) is 12.1 Å². The summed E-state index contributed by atoms with van der Waals surface area (Å²) in [6, 6.07) is 11.2. The smallest absolute Gasteiger partial charge is 0.119 e. The first-order valence-corrected chi connectivity index (χ1v) is 8.05. The van der Waals surface area contributed by atoms with Crippen LogP contribution < -0.4 is 10.1 Å². The van der Waals surface area contributed by atoms with E-state index in [2.05, 4.69) is 30.4 Å². The minimum atomic E-state index is 0.314. The average molecular weight is 308 g/mol. The molecule has 3 rings (SSSR count). The maximum atomic E-state index is 6.02. The molecule has 2 atom stereocenters. The van der Waals surface area contributed by atoms with E-state index in [1.54, 1.807) is 18.4 Å². The summed E-state index contributed by atoms with van der Waals surface area (Å²) in [7, 11) is 1.72. The maximum Gasteiger partial charge on any atom is 0.119 e. The fourth-order valence-corrected chi connectivity index (χ4v) is 3.90. The number of methoxy groups -OCH3 is 1. The number of halogens is 1. The molecule has 2 nitrogen and oxygen atoms in total. The third kappa shape index (κ3) is 2.71. The Balaban J connectivity index is 1.77. The fourth-order valence-electron chi connectivity index (χ4n) is 2.83. The predicted molar refractivity (Wildman–Crippen MR) is 84.9 cm³/mol. The van der Waals surface area contributed by atoms with Gasteiger partial charge >= 0.3 is 0 Å². The topological polar surface area (TPSA) is 21.3 Å². The Morgan fingerprint density at radius 2 is 2.20 bits per heavy atom. The number of rotatable bonds is 4. The van der Waals surface area contributed by atoms with Crippen LogP contribution >= 0.6 is 22.9 Å². The van der Waals surface area contributed by atoms with Crippen molar-refractivity contribution in [3.63, 3.8) is 0 Å². The molecule has 1 N–H and O–H groups in total. The molecular formula is C16H18ClNOS. The lowest BCUT2D eigenvalue weighted by atomic mass is 10.1. The van der Waals surface area contributed by atoms with E-state index in [9.17, 15) is 0 Å². The van der Waals surface area contributed by atoms with Crippen LogP contribution in [0.1, 0.15) is 41.4 Å². The van der Waals surface area contributed by atoms with Gasteiger partial charge in [0.05, 0.1) is 11.4 Å². The van der Waals surface area contributed by atoms with E-state index in [-0.39, 0.29) is 0 Å². The number of hydrogen-bond acceptors (Lipinski definition) is 3. The molecule has 4 heteroatoms. The summed E-state index contributed by atoms with van der Waals surface area (Å²) >= 11 is 7.66. The number of ether oxygens (including phenoxy) is 1. The van der Waals surface area contributed by atoms with Gasteiger partial charge in [-0.15, -0.1) is 11.3 Å². The Morgan fingerprint density at radius 1 is 1.35 bits per heavy atom. The van der Waals surface area contributed by atoms with Crippen LogP contribution in [0, 0.1) is 0 Å². The quantitative estimate of drug-likeness (QED) is 0.880. The monoisotopic (exact) mass is 307 g/mol. The van der Waals surface area contributed by atoms with Crippen LogP contribution in [0.5, 0.6) is 5.75 Å². The molecule has 2 aromatic rings. The summed E-state index contributed by atoms with van der Waals surface area (Å²) in [6.45, 7) is 2.19. The summed E-state index contributed by atoms with van der Waals surface area (Å²) in [6.07, 6.45) is 2.28. The van der Waals surface area contributed by atoms with Crippen molar-refractivity contribution < 1.29 is 4.74 Å². The van der Waals surface area contributed by atoms with Crippen LogP contribution in [0.25, 0.3) is 0 Å². The summed E-state index contributed by atoms with van der Waals surface area (Å²) in [5.74, 6) is 0.935. The molecule has 0 saturated heterocycles. The first-order chi connectivity index (χ1) is 9.67. The first-order valence-electron chi connectivity index (χ1n) is 6.85. The van der Waals surface area contributed by atoms with Gasteiger partial charge in [0, 0.05) is 17.0 Å². The molecule has 0 spiro atoms. The maximum absolute atomic E-state index is 6.02. The summed E-state index contributed by atoms with van der Waals surface area (Å²) in [4.78, 5) is 1.28. The molecule has 1 aromatic heterocycles. The molecule has 106 valence electrons. The van der Waals surface area contributed by atoms with E-state index in [1.165, 1.54) is 16.0 Å². The zero-order valence-electron chi connectivity index (χ0n) is 11.7. The highest BCUT2D eigenvalue weighted by atomic mass is 35.5. The predicted octanol–water partition coefficient (Wildman–Crippen LogP) is 4.75. The van der Waals surface area contributed by atoms with Crippen molar-refractivity contribution in [1.82, 2.24) is 5.32 Å². The average Bonchev–Trinajstić information content (AvgIpc) is 3.05. The standard InChI is InChI=1S/C16H18ClNOS/c1-10(15-7-8-16(17)20-15)18-14-6-4-11-3-5-12(19-2)9-13(11)14/h3,5,7-10,14,18H,4,6H2,1-2H3. The number of nitrogens with one attached hydrogen (secondary N) is 1. The van der Waals surface area contributed by atoms with Crippen molar-refractivity contribution in [2.45, 2.75) is 31.8 Å². The van der Waals surface area contributed by atoms with Crippen molar-refractivity contribution in [2.75, 3.05) is 7.11 Å². The highest BCUT2D eigenvalue weighted by molar-refractivity contribution is 7.16. The van der Waals surface area contributed by atoms with E-state index in [0.717, 1.165) is 22.9 Å². The molecule has 1 aliphatic rings. The Hall–Kier alpha value is -1.03. The highest BCUT2D eigenvalue weighted by Gasteiger charge is 2.24. The van der Waals surface area contributed by atoms with E-state index in [0.29, 0.717) is 12.1 Å². The number of benzene rings is 1. The second-order valence-corrected chi connectivity index (χ2v) is 6.93. The lowest BCUT2D eigenvalue weighted by Crippen LogP contribution is -2.22. The normalized spacial score (nSPS) is 18.9. The van der Waals surface area contributed by atoms with E-state index >= 15 is 0 Å². The Labute approximate surface area is 128 Å². The second-order valence-electron chi connectivity index (χ2n) is 5.19. The SMILES string of the molecule is COc1ccc2c(c1)C(NC(C)c1ccc(Cl)s1)CC2. The molecule has 0 bridgehead atoms. The second kappa shape index (κ2) is 5.76. The molecule has 0 radical (unpaired) electrons. The van der Waals surface area contributed by atoms with Crippen LogP contribution in [0.4, 0.5) is 0 Å². The lowest BCUT2D eigenvalue weighted by molar-refractivity contribution is 0.412. The molecule has 20 heavy (non-hydrogen) atoms. The van der Waals surface area contributed by atoms with Gasteiger partial charge in [-0.3, -0.25) is 0 Å². The molecule has 0 amide bonds. The van der Waals surface area contributed by atoms with Gasteiger partial charge in [-0.1, -0.05) is 17.7 Å². The van der Waals surface area contributed by atoms with Crippen molar-refractivity contribution in [1.29, 1.82) is 0 Å². The zero-order valence-corrected chi connectivity index (χ0v) is 13.2. The fraction of sp³-hybridized carbons (Fsp3) is 0.375. The first kappa shape index (κ1) is 13.9. The van der Waals surface area contributed by atoms with Crippen LogP contribution in [0.3, 0.4) is 0 Å². The zero-order chi connectivity index (χ0) is 14.1. The van der Waals surface area contributed by atoms with Gasteiger partial charge in [-0.2, -0.15) is 0 Å². The third-order valence-electron chi connectivity index (χ3n) is 3.90. The molecule has 1 aliphatic carbocycles. The van der Waals surface area contributed by atoms with Crippen molar-refractivity contribution >= 4 is 22.9 Å². The van der Waals surface area contributed by atoms with Crippen LogP contribution in [-0.2, 0) is 6.42 Å². The Morgan fingerprint density at radius 3 is 2.90 bits per heavy atom. The van der Waals surface area contributed by atoms with E-state index < -0.39 is 0 Å². The van der Waals surface area contributed by atoms with Crippen molar-refractivity contribution in [3.05, 3.63) is 50.7 Å². The highest BCUT2D eigenvalue weighted by Crippen LogP contribution is 2.36. The van der Waals surface area contributed by atoms with Crippen LogP contribution in [0.2, 0.25) is 4.34 Å². The summed E-state index contributed by atoms with van der Waals surface area (Å²) < 4.78 is 6.19. The van der Waals surface area contributed by atoms with E-state index in [4.69, 9.17) is 16.3 Å². The molecule has 0 saturated carbocycles. The lowest BCUT2D eigenvalue weighted by Gasteiger charge is -2.20. The molecular weight excluding hydrogens is 290 g/mol. The Bertz CT molecular complexity index is 610. The third-order valence-corrected chi connectivity index (χ3v) is 5.32.